The van der Waals surface area contributed by atoms with Gasteiger partial charge in [0.25, 0.3) is 0 Å². The van der Waals surface area contributed by atoms with Gasteiger partial charge in [-0.2, -0.15) is 5.10 Å². The molecule has 2 heterocycles. The first-order valence-corrected chi connectivity index (χ1v) is 5.79. The van der Waals surface area contributed by atoms with Gasteiger partial charge in [0, 0.05) is 25.5 Å². The third-order valence-corrected chi connectivity index (χ3v) is 3.38. The van der Waals surface area contributed by atoms with E-state index in [1.165, 1.54) is 0 Å². The van der Waals surface area contributed by atoms with Gasteiger partial charge in [0.05, 0.1) is 22.8 Å². The third kappa shape index (κ3) is 1.40. The van der Waals surface area contributed by atoms with Crippen molar-refractivity contribution < 1.29 is 0 Å². The smallest absolute Gasteiger partial charge is 0.144 e. The maximum Gasteiger partial charge on any atom is 0.144 e. The Morgan fingerprint density at radius 3 is 2.67 bits per heavy atom. The van der Waals surface area contributed by atoms with Gasteiger partial charge in [-0.15, -0.1) is 0 Å². The molecule has 0 spiro atoms. The van der Waals surface area contributed by atoms with Crippen LogP contribution in [0.2, 0.25) is 0 Å². The van der Waals surface area contributed by atoms with Crippen molar-refractivity contribution >= 4 is 16.7 Å². The highest BCUT2D eigenvalue weighted by molar-refractivity contribution is 5.83. The van der Waals surface area contributed by atoms with Crippen LogP contribution in [0.25, 0.3) is 22.4 Å². The van der Waals surface area contributed by atoms with Crippen LogP contribution in [0.1, 0.15) is 5.69 Å². The van der Waals surface area contributed by atoms with Gasteiger partial charge in [0.1, 0.15) is 5.82 Å². The highest BCUT2D eigenvalue weighted by atomic mass is 15.3. The maximum atomic E-state index is 5.82. The van der Waals surface area contributed by atoms with Gasteiger partial charge >= 0.3 is 0 Å². The lowest BCUT2D eigenvalue weighted by Crippen LogP contribution is -1.96. The standard InChI is InChI=1S/C13H15N5/c1-8-10(7-15-18(8)3)13-16-11-5-4-9(14)6-12(11)17(13)2/h4-7H,14H2,1-3H3. The Labute approximate surface area is 105 Å². The molecule has 0 fully saturated rings. The topological polar surface area (TPSA) is 61.7 Å². The van der Waals surface area contributed by atoms with E-state index in [-0.39, 0.29) is 0 Å². The zero-order valence-corrected chi connectivity index (χ0v) is 10.7. The molecule has 18 heavy (non-hydrogen) atoms. The predicted molar refractivity (Wildman–Crippen MR) is 72.1 cm³/mol. The van der Waals surface area contributed by atoms with Crippen LogP contribution in [0, 0.1) is 6.92 Å². The summed E-state index contributed by atoms with van der Waals surface area (Å²) in [7, 11) is 3.93. The quantitative estimate of drug-likeness (QED) is 0.661. The van der Waals surface area contributed by atoms with E-state index in [2.05, 4.69) is 14.6 Å². The van der Waals surface area contributed by atoms with Crippen molar-refractivity contribution in [3.63, 3.8) is 0 Å². The van der Waals surface area contributed by atoms with E-state index in [0.717, 1.165) is 33.8 Å². The molecule has 0 saturated heterocycles. The molecule has 0 radical (unpaired) electrons. The first-order chi connectivity index (χ1) is 8.58. The summed E-state index contributed by atoms with van der Waals surface area (Å²) in [6.45, 7) is 2.04. The molecule has 0 amide bonds. The second-order valence-electron chi connectivity index (χ2n) is 4.51. The minimum Gasteiger partial charge on any atom is -0.399 e. The molecule has 0 atom stereocenters. The third-order valence-electron chi connectivity index (χ3n) is 3.38. The lowest BCUT2D eigenvalue weighted by molar-refractivity contribution is 0.740. The summed E-state index contributed by atoms with van der Waals surface area (Å²) in [6.07, 6.45) is 1.85. The maximum absolute atomic E-state index is 5.82. The number of benzene rings is 1. The minimum atomic E-state index is 0.750. The number of nitrogen functional groups attached to an aromatic ring is 1. The normalized spacial score (nSPS) is 11.3. The zero-order valence-electron chi connectivity index (χ0n) is 10.7. The van der Waals surface area contributed by atoms with Crippen molar-refractivity contribution in [2.75, 3.05) is 5.73 Å². The van der Waals surface area contributed by atoms with Gasteiger partial charge in [-0.1, -0.05) is 0 Å². The van der Waals surface area contributed by atoms with Crippen molar-refractivity contribution in [3.05, 3.63) is 30.1 Å². The Morgan fingerprint density at radius 1 is 1.22 bits per heavy atom. The van der Waals surface area contributed by atoms with Crippen molar-refractivity contribution in [1.82, 2.24) is 19.3 Å². The number of rotatable bonds is 1. The van der Waals surface area contributed by atoms with E-state index in [0.29, 0.717) is 0 Å². The predicted octanol–water partition coefficient (Wildman–Crippen LogP) is 1.86. The fourth-order valence-corrected chi connectivity index (χ4v) is 2.17. The molecule has 3 aromatic rings. The average Bonchev–Trinajstić information content (AvgIpc) is 2.83. The van der Waals surface area contributed by atoms with Crippen LogP contribution in [-0.4, -0.2) is 19.3 Å². The molecule has 2 N–H and O–H groups in total. The molecule has 0 saturated carbocycles. The minimum absolute atomic E-state index is 0.750. The number of nitrogens with zero attached hydrogens (tertiary/aromatic N) is 4. The number of nitrogens with two attached hydrogens (primary N) is 1. The van der Waals surface area contributed by atoms with Gasteiger partial charge in [-0.25, -0.2) is 4.98 Å². The van der Waals surface area contributed by atoms with Crippen LogP contribution in [0.4, 0.5) is 5.69 Å². The van der Waals surface area contributed by atoms with Gasteiger partial charge < -0.3 is 10.3 Å². The summed E-state index contributed by atoms with van der Waals surface area (Å²) in [4.78, 5) is 4.65. The molecule has 0 bridgehead atoms. The van der Waals surface area contributed by atoms with Gasteiger partial charge in [0.15, 0.2) is 0 Å². The van der Waals surface area contributed by atoms with Crippen LogP contribution >= 0.6 is 0 Å². The molecular weight excluding hydrogens is 226 g/mol. The summed E-state index contributed by atoms with van der Waals surface area (Å²) >= 11 is 0. The summed E-state index contributed by atoms with van der Waals surface area (Å²) in [5.41, 5.74) is 10.7. The van der Waals surface area contributed by atoms with Crippen LogP contribution in [0.5, 0.6) is 0 Å². The van der Waals surface area contributed by atoms with E-state index >= 15 is 0 Å². The molecule has 3 rings (SSSR count). The zero-order chi connectivity index (χ0) is 12.9. The molecule has 0 aliphatic carbocycles. The summed E-state index contributed by atoms with van der Waals surface area (Å²) in [5, 5.41) is 4.26. The molecule has 0 aliphatic heterocycles. The van der Waals surface area contributed by atoms with Crippen LogP contribution in [-0.2, 0) is 14.1 Å². The number of imidazole rings is 1. The Hall–Kier alpha value is -2.30. The van der Waals surface area contributed by atoms with Crippen molar-refractivity contribution in [2.45, 2.75) is 6.92 Å². The summed E-state index contributed by atoms with van der Waals surface area (Å²) < 4.78 is 3.90. The van der Waals surface area contributed by atoms with Crippen LogP contribution in [0.15, 0.2) is 24.4 Å². The number of hydrogen-bond donors (Lipinski definition) is 1. The number of fused-ring (bicyclic) bond motifs is 1. The van der Waals surface area contributed by atoms with E-state index in [1.54, 1.807) is 0 Å². The highest BCUT2D eigenvalue weighted by Crippen LogP contribution is 2.26. The number of anilines is 1. The average molecular weight is 241 g/mol. The SMILES string of the molecule is Cc1c(-c2nc3ccc(N)cc3n2C)cnn1C. The molecule has 1 aromatic carbocycles. The highest BCUT2D eigenvalue weighted by Gasteiger charge is 2.14. The molecule has 2 aromatic heterocycles. The first kappa shape index (κ1) is 10.8. The molecule has 5 heteroatoms. The fourth-order valence-electron chi connectivity index (χ4n) is 2.17. The van der Waals surface area contributed by atoms with Gasteiger partial charge in [-0.3, -0.25) is 4.68 Å². The Balaban J connectivity index is 2.30. The molecule has 92 valence electrons. The van der Waals surface area contributed by atoms with Crippen LogP contribution < -0.4 is 5.73 Å². The van der Waals surface area contributed by atoms with E-state index < -0.39 is 0 Å². The summed E-state index contributed by atoms with van der Waals surface area (Å²) in [6, 6.07) is 5.76. The number of aryl methyl sites for hydroxylation is 2. The second-order valence-corrected chi connectivity index (χ2v) is 4.51. The number of aromatic nitrogens is 4. The van der Waals surface area contributed by atoms with Gasteiger partial charge in [-0.05, 0) is 25.1 Å². The van der Waals surface area contributed by atoms with Crippen molar-refractivity contribution in [2.24, 2.45) is 14.1 Å². The second kappa shape index (κ2) is 3.60. The van der Waals surface area contributed by atoms with Crippen molar-refractivity contribution in [1.29, 1.82) is 0 Å². The Bertz CT molecular complexity index is 735. The van der Waals surface area contributed by atoms with E-state index in [9.17, 15) is 0 Å². The molecule has 0 unspecified atom stereocenters. The largest absolute Gasteiger partial charge is 0.399 e. The molecular formula is C13H15N5. The summed E-state index contributed by atoms with van der Waals surface area (Å²) in [5.74, 6) is 0.918. The van der Waals surface area contributed by atoms with Gasteiger partial charge in [0.2, 0.25) is 0 Å². The lowest BCUT2D eigenvalue weighted by atomic mass is 10.2. The van der Waals surface area contributed by atoms with Crippen LogP contribution in [0.3, 0.4) is 0 Å². The number of hydrogen-bond acceptors (Lipinski definition) is 3. The van der Waals surface area contributed by atoms with Crippen molar-refractivity contribution in [3.8, 4) is 11.4 Å². The lowest BCUT2D eigenvalue weighted by Gasteiger charge is -2.02. The van der Waals surface area contributed by atoms with E-state index in [4.69, 9.17) is 5.73 Å². The molecule has 5 nitrogen and oxygen atoms in total. The Morgan fingerprint density at radius 2 is 2.00 bits per heavy atom. The fraction of sp³-hybridized carbons (Fsp3) is 0.231. The monoisotopic (exact) mass is 241 g/mol. The molecule has 0 aliphatic rings. The first-order valence-electron chi connectivity index (χ1n) is 5.79. The van der Waals surface area contributed by atoms with E-state index in [1.807, 2.05) is 50.1 Å². The Kier molecular flexibility index (Phi) is 2.16.